The van der Waals surface area contributed by atoms with Crippen molar-refractivity contribution in [3.63, 3.8) is 0 Å². The average Bonchev–Trinajstić information content (AvgIpc) is 3.88. The first-order valence-electron chi connectivity index (χ1n) is 25.8. The molecule has 10 heteroatoms. The Balaban J connectivity index is 0.967. The van der Waals surface area contributed by atoms with Crippen LogP contribution in [0.25, 0.3) is 20.8 Å². The lowest BCUT2D eigenvalue weighted by molar-refractivity contribution is 0.0245. The summed E-state index contributed by atoms with van der Waals surface area (Å²) in [5, 5.41) is 0.952. The zero-order valence-corrected chi connectivity index (χ0v) is 45.5. The van der Waals surface area contributed by atoms with Gasteiger partial charge in [0, 0.05) is 55.5 Å². The number of thioether (sulfide) groups is 2. The number of thiazole rings is 1. The summed E-state index contributed by atoms with van der Waals surface area (Å²) in [4.78, 5) is 23.7. The number of amides is 1. The first-order valence-corrected chi connectivity index (χ1v) is 28.6. The molecule has 2 N–H and O–H groups in total. The predicted octanol–water partition coefficient (Wildman–Crippen LogP) is 15.3. The number of carbonyl (C=O) groups is 1. The van der Waals surface area contributed by atoms with E-state index in [9.17, 15) is 4.79 Å². The fraction of sp³-hybridized carbons (Fsp3) is 0.231. The number of hydrogen-bond donors (Lipinski definition) is 1. The van der Waals surface area contributed by atoms with Gasteiger partial charge in [-0.15, -0.1) is 34.9 Å². The molecule has 0 radical (unpaired) electrons. The predicted molar refractivity (Wildman–Crippen MR) is 317 cm³/mol. The molecule has 8 aromatic carbocycles. The van der Waals surface area contributed by atoms with Crippen LogP contribution in [0.3, 0.4) is 0 Å². The minimum atomic E-state index is -0.659. The largest absolute Gasteiger partial charge is 0.493 e. The monoisotopic (exact) mass is 1050 g/mol. The van der Waals surface area contributed by atoms with E-state index in [-0.39, 0.29) is 6.09 Å². The molecule has 1 amide bonds. The van der Waals surface area contributed by atoms with Gasteiger partial charge in [-0.05, 0) is 103 Å². The van der Waals surface area contributed by atoms with Gasteiger partial charge in [-0.1, -0.05) is 182 Å². The Morgan fingerprint density at radius 3 is 1.41 bits per heavy atom. The SMILES string of the molecule is CC(C)(C)OC(=O)N(CCSC(c1ccccc1)(c1ccccc1)c1ccccc1)CCN(CCCOc1ccc2nc(-c3ccc(N)cc3)sc2c1)CCSC(c1ccccc1)(c1ccccc1)c1ccccc1. The second-order valence-electron chi connectivity index (χ2n) is 19.5. The number of rotatable bonds is 23. The normalized spacial score (nSPS) is 11.9. The lowest BCUT2D eigenvalue weighted by atomic mass is 9.84. The Kier molecular flexibility index (Phi) is 17.8. The third-order valence-corrected chi connectivity index (χ3v) is 17.4. The van der Waals surface area contributed by atoms with Crippen LogP contribution in [0.15, 0.2) is 224 Å². The minimum Gasteiger partial charge on any atom is -0.493 e. The molecule has 0 spiro atoms. The maximum absolute atomic E-state index is 14.4. The Bertz CT molecular complexity index is 2960. The lowest BCUT2D eigenvalue weighted by Crippen LogP contribution is -2.43. The molecule has 0 bridgehead atoms. The van der Waals surface area contributed by atoms with Crippen LogP contribution in [0.1, 0.15) is 60.6 Å². The van der Waals surface area contributed by atoms with Crippen molar-refractivity contribution in [3.05, 3.63) is 258 Å². The highest BCUT2D eigenvalue weighted by molar-refractivity contribution is 8.00. The summed E-state index contributed by atoms with van der Waals surface area (Å²) in [5.41, 5.74) is 15.3. The third kappa shape index (κ3) is 13.2. The molecule has 0 unspecified atom stereocenters. The van der Waals surface area contributed by atoms with Crippen LogP contribution in [-0.4, -0.2) is 77.3 Å². The summed E-state index contributed by atoms with van der Waals surface area (Å²) in [5.74, 6) is 2.32. The summed E-state index contributed by atoms with van der Waals surface area (Å²) in [7, 11) is 0. The van der Waals surface area contributed by atoms with Gasteiger partial charge < -0.3 is 25.0 Å². The van der Waals surface area contributed by atoms with E-state index in [0.29, 0.717) is 32.0 Å². The standard InChI is InChI=1S/C65H66N4O3S3/c1-63(2,3)72-62(70)69(45-48-74-65(54-29-16-7-17-30-54,55-31-18-8-19-32-55)56-33-20-9-21-34-56)43-42-68(41-22-46-71-58-39-40-59-60(49-58)75-61(67-59)50-35-37-57(66)38-36-50)44-47-73-64(51-23-10-4-11-24-51,52-25-12-5-13-26-52)53-27-14-6-15-28-53/h4-21,23-40,49H,22,41-48,66H2,1-3H3. The third-order valence-electron chi connectivity index (χ3n) is 13.2. The van der Waals surface area contributed by atoms with Crippen molar-refractivity contribution in [2.75, 3.05) is 56.6 Å². The summed E-state index contributed by atoms with van der Waals surface area (Å²) >= 11 is 5.47. The quantitative estimate of drug-likeness (QED) is 0.0386. The van der Waals surface area contributed by atoms with Gasteiger partial charge in [0.25, 0.3) is 0 Å². The molecule has 1 heterocycles. The molecule has 1 aromatic heterocycles. The van der Waals surface area contributed by atoms with Gasteiger partial charge in [-0.25, -0.2) is 9.78 Å². The van der Waals surface area contributed by atoms with Crippen molar-refractivity contribution in [3.8, 4) is 16.3 Å². The highest BCUT2D eigenvalue weighted by Gasteiger charge is 2.38. The number of anilines is 1. The highest BCUT2D eigenvalue weighted by Crippen LogP contribution is 2.50. The molecule has 0 atom stereocenters. The van der Waals surface area contributed by atoms with Gasteiger partial charge in [0.05, 0.1) is 26.3 Å². The summed E-state index contributed by atoms with van der Waals surface area (Å²) < 4.78 is 12.8. The van der Waals surface area contributed by atoms with Crippen molar-refractivity contribution < 1.29 is 14.3 Å². The molecule has 0 aliphatic heterocycles. The number of hydrogen-bond acceptors (Lipinski definition) is 9. The molecule has 9 rings (SSSR count). The van der Waals surface area contributed by atoms with Crippen molar-refractivity contribution in [1.82, 2.24) is 14.8 Å². The maximum Gasteiger partial charge on any atom is 0.410 e. The molecule has 0 fully saturated rings. The first-order chi connectivity index (χ1) is 36.6. The van der Waals surface area contributed by atoms with Gasteiger partial charge >= 0.3 is 6.09 Å². The molecule has 0 aliphatic carbocycles. The van der Waals surface area contributed by atoms with E-state index in [0.717, 1.165) is 57.5 Å². The number of benzene rings is 8. The topological polar surface area (TPSA) is 80.9 Å². The second-order valence-corrected chi connectivity index (χ2v) is 23.2. The van der Waals surface area contributed by atoms with Crippen molar-refractivity contribution in [2.45, 2.75) is 42.3 Å². The van der Waals surface area contributed by atoms with E-state index < -0.39 is 15.1 Å². The fourth-order valence-corrected chi connectivity index (χ4v) is 13.7. The number of ether oxygens (including phenoxy) is 2. The van der Waals surface area contributed by atoms with E-state index in [1.807, 2.05) is 85.6 Å². The first kappa shape index (κ1) is 53.0. The minimum absolute atomic E-state index is 0.306. The number of aromatic nitrogens is 1. The Morgan fingerprint density at radius 2 is 0.973 bits per heavy atom. The summed E-state index contributed by atoms with van der Waals surface area (Å²) in [6.45, 7) is 9.57. The molecule has 9 aromatic rings. The summed E-state index contributed by atoms with van der Waals surface area (Å²) in [6, 6.07) is 78.8. The number of nitrogens with zero attached hydrogens (tertiary/aromatic N) is 3. The zero-order valence-electron chi connectivity index (χ0n) is 43.1. The molecule has 7 nitrogen and oxygen atoms in total. The van der Waals surface area contributed by atoms with E-state index in [1.54, 1.807) is 11.3 Å². The molecular formula is C65H66N4O3S3. The van der Waals surface area contributed by atoms with E-state index in [1.165, 1.54) is 33.4 Å². The number of fused-ring (bicyclic) bond motifs is 1. The molecule has 382 valence electrons. The Morgan fingerprint density at radius 1 is 0.533 bits per heavy atom. The van der Waals surface area contributed by atoms with Crippen LogP contribution >= 0.6 is 34.9 Å². The van der Waals surface area contributed by atoms with Gasteiger partial charge in [-0.3, -0.25) is 0 Å². The smallest absolute Gasteiger partial charge is 0.410 e. The zero-order chi connectivity index (χ0) is 51.9. The van der Waals surface area contributed by atoms with Crippen LogP contribution < -0.4 is 10.5 Å². The van der Waals surface area contributed by atoms with E-state index in [4.69, 9.17) is 20.2 Å². The number of nitrogen functional groups attached to an aromatic ring is 1. The Hall–Kier alpha value is -6.82. The van der Waals surface area contributed by atoms with Crippen molar-refractivity contribution >= 4 is 56.9 Å². The second kappa shape index (κ2) is 25.1. The molecule has 75 heavy (non-hydrogen) atoms. The van der Waals surface area contributed by atoms with E-state index >= 15 is 0 Å². The maximum atomic E-state index is 14.4. The Labute approximate surface area is 456 Å². The van der Waals surface area contributed by atoms with Crippen LogP contribution in [0.4, 0.5) is 10.5 Å². The van der Waals surface area contributed by atoms with Gasteiger partial charge in [-0.2, -0.15) is 0 Å². The number of carbonyl (C=O) groups excluding carboxylic acids is 1. The average molecular weight is 1050 g/mol. The molecule has 0 saturated heterocycles. The van der Waals surface area contributed by atoms with E-state index in [2.05, 4.69) is 193 Å². The van der Waals surface area contributed by atoms with Crippen LogP contribution in [-0.2, 0) is 14.2 Å². The number of nitrogens with two attached hydrogens (primary N) is 1. The van der Waals surface area contributed by atoms with Crippen LogP contribution in [0.2, 0.25) is 0 Å². The van der Waals surface area contributed by atoms with Crippen LogP contribution in [0, 0.1) is 0 Å². The molecule has 0 saturated carbocycles. The fourth-order valence-electron chi connectivity index (χ4n) is 9.61. The molecule has 0 aliphatic rings. The lowest BCUT2D eigenvalue weighted by Gasteiger charge is -2.37. The van der Waals surface area contributed by atoms with Gasteiger partial charge in [0.15, 0.2) is 0 Å². The molecular weight excluding hydrogens is 981 g/mol. The summed E-state index contributed by atoms with van der Waals surface area (Å²) in [6.07, 6.45) is 0.485. The van der Waals surface area contributed by atoms with Crippen LogP contribution in [0.5, 0.6) is 5.75 Å². The highest BCUT2D eigenvalue weighted by atomic mass is 32.2. The van der Waals surface area contributed by atoms with Gasteiger partial charge in [0.1, 0.15) is 16.4 Å². The van der Waals surface area contributed by atoms with Crippen molar-refractivity contribution in [2.24, 2.45) is 0 Å². The van der Waals surface area contributed by atoms with Crippen molar-refractivity contribution in [1.29, 1.82) is 0 Å². The van der Waals surface area contributed by atoms with Gasteiger partial charge in [0.2, 0.25) is 0 Å².